The van der Waals surface area contributed by atoms with Gasteiger partial charge in [0, 0.05) is 45.0 Å². The van der Waals surface area contributed by atoms with Crippen molar-refractivity contribution in [3.8, 4) is 0 Å². The summed E-state index contributed by atoms with van der Waals surface area (Å²) >= 11 is 0. The number of carbonyl (C=O) groups excluding carboxylic acids is 2. The van der Waals surface area contributed by atoms with Gasteiger partial charge in [-0.3, -0.25) is 19.4 Å². The molecule has 0 bridgehead atoms. The van der Waals surface area contributed by atoms with Crippen molar-refractivity contribution in [2.45, 2.75) is 12.3 Å². The fraction of sp³-hybridized carbons (Fsp3) is 0.391. The van der Waals surface area contributed by atoms with Gasteiger partial charge >= 0.3 is 6.18 Å². The van der Waals surface area contributed by atoms with Gasteiger partial charge in [0.05, 0.1) is 23.8 Å². The summed E-state index contributed by atoms with van der Waals surface area (Å²) in [5, 5.41) is 15.3. The lowest BCUT2D eigenvalue weighted by molar-refractivity contribution is -0.137. The van der Waals surface area contributed by atoms with Crippen molar-refractivity contribution in [1.29, 1.82) is 0 Å². The number of aliphatic hydroxyl groups excluding tert-OH is 1. The van der Waals surface area contributed by atoms with E-state index < -0.39 is 29.6 Å². The normalized spacial score (nSPS) is 16.1. The Morgan fingerprint density at radius 2 is 1.59 bits per heavy atom. The Morgan fingerprint density at radius 1 is 0.971 bits per heavy atom. The van der Waals surface area contributed by atoms with Crippen LogP contribution in [-0.2, 0) is 11.0 Å². The lowest BCUT2D eigenvalue weighted by atomic mass is 10.2. The number of hydrogen-bond donors (Lipinski definition) is 3. The Kier molecular flexibility index (Phi) is 8.59. The van der Waals surface area contributed by atoms with E-state index in [9.17, 15) is 32.3 Å². The van der Waals surface area contributed by atoms with Crippen molar-refractivity contribution < 1.29 is 32.3 Å². The molecule has 0 spiro atoms. The average Bonchev–Trinajstić information content (AvgIpc) is 2.79. The molecule has 7 nitrogen and oxygen atoms in total. The zero-order valence-corrected chi connectivity index (χ0v) is 18.3. The maximum Gasteiger partial charge on any atom is 0.416 e. The highest BCUT2D eigenvalue weighted by Gasteiger charge is 2.30. The molecule has 0 saturated carbocycles. The van der Waals surface area contributed by atoms with E-state index in [0.29, 0.717) is 32.7 Å². The van der Waals surface area contributed by atoms with Crippen LogP contribution in [-0.4, -0.2) is 78.6 Å². The summed E-state index contributed by atoms with van der Waals surface area (Å²) in [5.41, 5.74) is -0.578. The molecule has 34 heavy (non-hydrogen) atoms. The standard InChI is InChI=1S/C23H26F4N4O3/c24-20-4-2-1-3-19(20)22(34)28-13-18(32)14-30-9-11-31(12-10-30)15-21(33)29-17-7-5-16(6-8-17)23(25,26)27/h1-8,18,32H,9-15H2,(H,28,34)(H,29,33). The SMILES string of the molecule is O=C(CN1CCN(CC(O)CNC(=O)c2ccccc2F)CC1)Nc1ccc(C(F)(F)F)cc1. The molecule has 0 radical (unpaired) electrons. The van der Waals surface area contributed by atoms with Gasteiger partial charge in [0.1, 0.15) is 5.82 Å². The van der Waals surface area contributed by atoms with Gasteiger partial charge in [-0.25, -0.2) is 4.39 Å². The van der Waals surface area contributed by atoms with Gasteiger partial charge in [-0.1, -0.05) is 12.1 Å². The molecule has 3 N–H and O–H groups in total. The number of anilines is 1. The fourth-order valence-corrected chi connectivity index (χ4v) is 3.59. The van der Waals surface area contributed by atoms with Gasteiger partial charge in [0.25, 0.3) is 5.91 Å². The first-order valence-electron chi connectivity index (χ1n) is 10.7. The van der Waals surface area contributed by atoms with Gasteiger partial charge in [-0.05, 0) is 36.4 Å². The van der Waals surface area contributed by atoms with E-state index in [2.05, 4.69) is 10.6 Å². The maximum atomic E-state index is 13.6. The van der Waals surface area contributed by atoms with E-state index in [-0.39, 0.29) is 30.2 Å². The number of rotatable bonds is 8. The third-order valence-electron chi connectivity index (χ3n) is 5.41. The highest BCUT2D eigenvalue weighted by molar-refractivity contribution is 5.94. The van der Waals surface area contributed by atoms with Gasteiger partial charge in [-0.2, -0.15) is 13.2 Å². The van der Waals surface area contributed by atoms with E-state index in [4.69, 9.17) is 0 Å². The lowest BCUT2D eigenvalue weighted by Crippen LogP contribution is -2.51. The van der Waals surface area contributed by atoms with Crippen molar-refractivity contribution >= 4 is 17.5 Å². The second kappa shape index (κ2) is 11.4. The Morgan fingerprint density at radius 3 is 2.21 bits per heavy atom. The zero-order chi connectivity index (χ0) is 24.7. The number of β-amino-alcohol motifs (C(OH)–C–C–N with tert-alkyl or cyclic N) is 1. The number of carbonyl (C=O) groups is 2. The molecule has 1 aliphatic heterocycles. The van der Waals surface area contributed by atoms with E-state index >= 15 is 0 Å². The Bertz CT molecular complexity index is 977. The van der Waals surface area contributed by atoms with E-state index in [0.717, 1.165) is 12.1 Å². The number of hydrogen-bond acceptors (Lipinski definition) is 5. The van der Waals surface area contributed by atoms with Crippen LogP contribution in [0.25, 0.3) is 0 Å². The summed E-state index contributed by atoms with van der Waals surface area (Å²) in [6.07, 6.45) is -5.27. The first-order chi connectivity index (χ1) is 16.1. The average molecular weight is 482 g/mol. The molecule has 1 saturated heterocycles. The van der Waals surface area contributed by atoms with Crippen molar-refractivity contribution in [3.63, 3.8) is 0 Å². The molecular weight excluding hydrogens is 456 g/mol. The zero-order valence-electron chi connectivity index (χ0n) is 18.3. The minimum atomic E-state index is -4.43. The van der Waals surface area contributed by atoms with Crippen LogP contribution in [0.15, 0.2) is 48.5 Å². The molecule has 0 aliphatic carbocycles. The van der Waals surface area contributed by atoms with Gasteiger partial charge in [0.2, 0.25) is 5.91 Å². The molecule has 3 rings (SSSR count). The number of nitrogens with one attached hydrogen (secondary N) is 2. The third kappa shape index (κ3) is 7.51. The van der Waals surface area contributed by atoms with E-state index in [1.807, 2.05) is 9.80 Å². The van der Waals surface area contributed by atoms with Crippen LogP contribution in [0.4, 0.5) is 23.2 Å². The smallest absolute Gasteiger partial charge is 0.390 e. The first kappa shape index (κ1) is 25.6. The van der Waals surface area contributed by atoms with Crippen molar-refractivity contribution in [2.75, 3.05) is 51.1 Å². The van der Waals surface area contributed by atoms with E-state index in [1.165, 1.54) is 30.3 Å². The second-order valence-corrected chi connectivity index (χ2v) is 8.04. The molecule has 1 fully saturated rings. The van der Waals surface area contributed by atoms with Crippen molar-refractivity contribution in [2.24, 2.45) is 0 Å². The number of halogens is 4. The minimum absolute atomic E-state index is 0.0249. The molecule has 2 aromatic carbocycles. The summed E-state index contributed by atoms with van der Waals surface area (Å²) in [7, 11) is 0. The number of alkyl halides is 3. The van der Waals surface area contributed by atoms with Crippen molar-refractivity contribution in [1.82, 2.24) is 15.1 Å². The molecule has 1 heterocycles. The molecule has 1 aliphatic rings. The van der Waals surface area contributed by atoms with Crippen LogP contribution >= 0.6 is 0 Å². The largest absolute Gasteiger partial charge is 0.416 e. The lowest BCUT2D eigenvalue weighted by Gasteiger charge is -2.35. The number of amides is 2. The summed E-state index contributed by atoms with van der Waals surface area (Å²) < 4.78 is 51.5. The summed E-state index contributed by atoms with van der Waals surface area (Å²) in [5.74, 6) is -1.56. The van der Waals surface area contributed by atoms with Crippen LogP contribution in [0.2, 0.25) is 0 Å². The Balaban J connectivity index is 1.35. The molecule has 1 atom stereocenters. The number of benzene rings is 2. The maximum absolute atomic E-state index is 13.6. The predicted molar refractivity (Wildman–Crippen MR) is 118 cm³/mol. The van der Waals surface area contributed by atoms with Crippen molar-refractivity contribution in [3.05, 3.63) is 65.5 Å². The fourth-order valence-electron chi connectivity index (χ4n) is 3.59. The molecule has 11 heteroatoms. The Hall–Kier alpha value is -3.02. The van der Waals surface area contributed by atoms with Gasteiger partial charge < -0.3 is 15.7 Å². The topological polar surface area (TPSA) is 84.9 Å². The van der Waals surface area contributed by atoms with Crippen LogP contribution in [0.5, 0.6) is 0 Å². The monoisotopic (exact) mass is 482 g/mol. The molecular formula is C23H26F4N4O3. The molecule has 184 valence electrons. The number of piperazine rings is 1. The summed E-state index contributed by atoms with van der Waals surface area (Å²) in [6.45, 7) is 2.68. The minimum Gasteiger partial charge on any atom is -0.390 e. The van der Waals surface area contributed by atoms with Crippen LogP contribution < -0.4 is 10.6 Å². The highest BCUT2D eigenvalue weighted by atomic mass is 19.4. The Labute approximate surface area is 194 Å². The van der Waals surface area contributed by atoms with Crippen LogP contribution in [0, 0.1) is 5.82 Å². The molecule has 1 unspecified atom stereocenters. The summed E-state index contributed by atoms with van der Waals surface area (Å²) in [4.78, 5) is 28.1. The van der Waals surface area contributed by atoms with Gasteiger partial charge in [-0.15, -0.1) is 0 Å². The molecule has 0 aromatic heterocycles. The first-order valence-corrected chi connectivity index (χ1v) is 10.7. The molecule has 2 amide bonds. The summed E-state index contributed by atoms with van der Waals surface area (Å²) in [6, 6.07) is 9.85. The van der Waals surface area contributed by atoms with Crippen LogP contribution in [0.1, 0.15) is 15.9 Å². The molecule has 2 aromatic rings. The van der Waals surface area contributed by atoms with Crippen LogP contribution in [0.3, 0.4) is 0 Å². The van der Waals surface area contributed by atoms with Gasteiger partial charge in [0.15, 0.2) is 0 Å². The quantitative estimate of drug-likeness (QED) is 0.503. The second-order valence-electron chi connectivity index (χ2n) is 8.04. The number of nitrogens with zero attached hydrogens (tertiary/aromatic N) is 2. The predicted octanol–water partition coefficient (Wildman–Crippen LogP) is 2.19. The third-order valence-corrected chi connectivity index (χ3v) is 5.41. The van der Waals surface area contributed by atoms with E-state index in [1.54, 1.807) is 6.07 Å². The number of aliphatic hydroxyl groups is 1. The highest BCUT2D eigenvalue weighted by Crippen LogP contribution is 2.29.